The predicted molar refractivity (Wildman–Crippen MR) is 79.7 cm³/mol. The van der Waals surface area contributed by atoms with Crippen LogP contribution in [0.4, 0.5) is 5.82 Å². The number of aryl methyl sites for hydroxylation is 1. The molecule has 1 fully saturated rings. The van der Waals surface area contributed by atoms with E-state index in [1.807, 2.05) is 31.2 Å². The highest BCUT2D eigenvalue weighted by molar-refractivity contribution is 5.35. The fourth-order valence-electron chi connectivity index (χ4n) is 2.79. The first-order chi connectivity index (χ1) is 9.83. The summed E-state index contributed by atoms with van der Waals surface area (Å²) in [5, 5.41) is 3.44. The molecule has 4 heteroatoms. The summed E-state index contributed by atoms with van der Waals surface area (Å²) in [6, 6.07) is 10.4. The van der Waals surface area contributed by atoms with Crippen molar-refractivity contribution < 1.29 is 4.42 Å². The van der Waals surface area contributed by atoms with Gasteiger partial charge in [0.2, 0.25) is 0 Å². The van der Waals surface area contributed by atoms with Crippen LogP contribution in [0.15, 0.2) is 41.0 Å². The lowest BCUT2D eigenvalue weighted by atomic mass is 10.2. The lowest BCUT2D eigenvalue weighted by Crippen LogP contribution is -2.30. The Kier molecular flexibility index (Phi) is 4.02. The van der Waals surface area contributed by atoms with E-state index in [1.165, 1.54) is 12.8 Å². The molecule has 1 atom stereocenters. The molecule has 0 aromatic carbocycles. The zero-order valence-electron chi connectivity index (χ0n) is 11.9. The Morgan fingerprint density at radius 3 is 2.80 bits per heavy atom. The van der Waals surface area contributed by atoms with Gasteiger partial charge in [-0.3, -0.25) is 4.90 Å². The number of anilines is 1. The van der Waals surface area contributed by atoms with Crippen LogP contribution in [0.5, 0.6) is 0 Å². The van der Waals surface area contributed by atoms with Gasteiger partial charge in [0.05, 0.1) is 12.3 Å². The summed E-state index contributed by atoms with van der Waals surface area (Å²) < 4.78 is 5.62. The van der Waals surface area contributed by atoms with Crippen molar-refractivity contribution in [2.45, 2.75) is 25.8 Å². The summed E-state index contributed by atoms with van der Waals surface area (Å²) in [7, 11) is 0. The van der Waals surface area contributed by atoms with Gasteiger partial charge in [-0.15, -0.1) is 0 Å². The normalized spacial score (nSPS) is 17.2. The van der Waals surface area contributed by atoms with E-state index in [0.29, 0.717) is 0 Å². The second-order valence-electron chi connectivity index (χ2n) is 5.32. The molecule has 1 unspecified atom stereocenters. The van der Waals surface area contributed by atoms with E-state index in [9.17, 15) is 0 Å². The van der Waals surface area contributed by atoms with Crippen molar-refractivity contribution >= 4 is 5.82 Å². The van der Waals surface area contributed by atoms with Crippen LogP contribution < -0.4 is 5.32 Å². The first-order valence-corrected chi connectivity index (χ1v) is 7.28. The maximum atomic E-state index is 5.62. The average Bonchev–Trinajstić information content (AvgIpc) is 3.12. The number of hydrogen-bond donors (Lipinski definition) is 1. The SMILES string of the molecule is Cc1cccc(NCC(c2ccco2)N2CCCC2)n1. The Labute approximate surface area is 119 Å². The second kappa shape index (κ2) is 6.09. The van der Waals surface area contributed by atoms with Gasteiger partial charge in [0, 0.05) is 12.2 Å². The van der Waals surface area contributed by atoms with E-state index in [-0.39, 0.29) is 6.04 Å². The summed E-state index contributed by atoms with van der Waals surface area (Å²) in [6.07, 6.45) is 4.31. The van der Waals surface area contributed by atoms with Crippen LogP contribution in [0, 0.1) is 6.92 Å². The van der Waals surface area contributed by atoms with Crippen LogP contribution in [-0.2, 0) is 0 Å². The summed E-state index contributed by atoms with van der Waals surface area (Å²) >= 11 is 0. The average molecular weight is 271 g/mol. The van der Waals surface area contributed by atoms with Crippen molar-refractivity contribution in [1.82, 2.24) is 9.88 Å². The first-order valence-electron chi connectivity index (χ1n) is 7.28. The van der Waals surface area contributed by atoms with Crippen molar-refractivity contribution in [2.75, 3.05) is 25.0 Å². The maximum absolute atomic E-state index is 5.62. The van der Waals surface area contributed by atoms with Crippen LogP contribution >= 0.6 is 0 Å². The van der Waals surface area contributed by atoms with Crippen molar-refractivity contribution in [1.29, 1.82) is 0 Å². The van der Waals surface area contributed by atoms with Crippen LogP contribution in [0.25, 0.3) is 0 Å². The molecular weight excluding hydrogens is 250 g/mol. The zero-order chi connectivity index (χ0) is 13.8. The number of likely N-dealkylation sites (tertiary alicyclic amines) is 1. The highest BCUT2D eigenvalue weighted by Crippen LogP contribution is 2.25. The fraction of sp³-hybridized carbons (Fsp3) is 0.438. The molecule has 0 spiro atoms. The fourth-order valence-corrected chi connectivity index (χ4v) is 2.79. The predicted octanol–water partition coefficient (Wildman–Crippen LogP) is 3.23. The van der Waals surface area contributed by atoms with Crippen molar-refractivity contribution in [3.63, 3.8) is 0 Å². The maximum Gasteiger partial charge on any atom is 0.126 e. The van der Waals surface area contributed by atoms with Gasteiger partial charge in [0.1, 0.15) is 11.6 Å². The Balaban J connectivity index is 1.70. The van der Waals surface area contributed by atoms with E-state index in [0.717, 1.165) is 36.9 Å². The number of furan rings is 1. The third-order valence-electron chi connectivity index (χ3n) is 3.82. The number of rotatable bonds is 5. The summed E-state index contributed by atoms with van der Waals surface area (Å²) in [4.78, 5) is 6.98. The van der Waals surface area contributed by atoms with Gasteiger partial charge in [-0.2, -0.15) is 0 Å². The van der Waals surface area contributed by atoms with Crippen molar-refractivity contribution in [3.8, 4) is 0 Å². The van der Waals surface area contributed by atoms with Gasteiger partial charge >= 0.3 is 0 Å². The molecule has 0 radical (unpaired) electrons. The Morgan fingerprint density at radius 1 is 1.25 bits per heavy atom. The quantitative estimate of drug-likeness (QED) is 0.906. The van der Waals surface area contributed by atoms with Gasteiger partial charge in [-0.05, 0) is 57.1 Å². The summed E-state index contributed by atoms with van der Waals surface area (Å²) in [5.41, 5.74) is 1.03. The highest BCUT2D eigenvalue weighted by Gasteiger charge is 2.25. The van der Waals surface area contributed by atoms with Crippen molar-refractivity contribution in [3.05, 3.63) is 48.0 Å². The molecule has 0 aliphatic carbocycles. The minimum atomic E-state index is 0.287. The lowest BCUT2D eigenvalue weighted by molar-refractivity contribution is 0.225. The molecule has 3 heterocycles. The minimum Gasteiger partial charge on any atom is -0.468 e. The van der Waals surface area contributed by atoms with Crippen molar-refractivity contribution in [2.24, 2.45) is 0 Å². The number of hydrogen-bond acceptors (Lipinski definition) is 4. The number of aromatic nitrogens is 1. The largest absolute Gasteiger partial charge is 0.468 e. The van der Waals surface area contributed by atoms with Crippen LogP contribution in [0.3, 0.4) is 0 Å². The Morgan fingerprint density at radius 2 is 2.10 bits per heavy atom. The summed E-state index contributed by atoms with van der Waals surface area (Å²) in [6.45, 7) is 5.13. The topological polar surface area (TPSA) is 41.3 Å². The Hall–Kier alpha value is -1.81. The highest BCUT2D eigenvalue weighted by atomic mass is 16.3. The molecule has 0 saturated carbocycles. The molecule has 1 saturated heterocycles. The molecule has 1 aliphatic heterocycles. The molecule has 2 aromatic rings. The molecule has 0 amide bonds. The molecule has 4 nitrogen and oxygen atoms in total. The smallest absolute Gasteiger partial charge is 0.126 e. The van der Waals surface area contributed by atoms with Crippen LogP contribution in [0.1, 0.15) is 30.3 Å². The minimum absolute atomic E-state index is 0.287. The van der Waals surface area contributed by atoms with Gasteiger partial charge in [-0.1, -0.05) is 6.07 Å². The van der Waals surface area contributed by atoms with E-state index >= 15 is 0 Å². The van der Waals surface area contributed by atoms with E-state index in [4.69, 9.17) is 4.42 Å². The van der Waals surface area contributed by atoms with Gasteiger partial charge in [-0.25, -0.2) is 4.98 Å². The number of nitrogens with zero attached hydrogens (tertiary/aromatic N) is 2. The molecule has 1 aliphatic rings. The van der Waals surface area contributed by atoms with Crippen LogP contribution in [0.2, 0.25) is 0 Å². The first kappa shape index (κ1) is 13.2. The number of nitrogens with one attached hydrogen (secondary N) is 1. The molecule has 2 aromatic heterocycles. The molecule has 1 N–H and O–H groups in total. The van der Waals surface area contributed by atoms with Gasteiger partial charge in [0.25, 0.3) is 0 Å². The van der Waals surface area contributed by atoms with Gasteiger partial charge < -0.3 is 9.73 Å². The number of pyridine rings is 1. The molecular formula is C16H21N3O. The van der Waals surface area contributed by atoms with E-state index in [2.05, 4.69) is 21.3 Å². The second-order valence-corrected chi connectivity index (χ2v) is 5.32. The monoisotopic (exact) mass is 271 g/mol. The van der Waals surface area contributed by atoms with E-state index < -0.39 is 0 Å². The third-order valence-corrected chi connectivity index (χ3v) is 3.82. The zero-order valence-corrected chi connectivity index (χ0v) is 11.9. The van der Waals surface area contributed by atoms with E-state index in [1.54, 1.807) is 6.26 Å². The molecule has 20 heavy (non-hydrogen) atoms. The standard InChI is InChI=1S/C16H21N3O/c1-13-6-4-8-16(18-13)17-12-14(15-7-5-11-20-15)19-9-2-3-10-19/h4-8,11,14H,2-3,9-10,12H2,1H3,(H,17,18). The molecule has 3 rings (SSSR count). The molecule has 106 valence electrons. The van der Waals surface area contributed by atoms with Gasteiger partial charge in [0.15, 0.2) is 0 Å². The third kappa shape index (κ3) is 3.02. The summed E-state index contributed by atoms with van der Waals surface area (Å²) in [5.74, 6) is 1.97. The molecule has 0 bridgehead atoms. The van der Waals surface area contributed by atoms with Crippen LogP contribution in [-0.4, -0.2) is 29.5 Å². The lowest BCUT2D eigenvalue weighted by Gasteiger charge is -2.26. The Bertz CT molecular complexity index is 532.